The van der Waals surface area contributed by atoms with Gasteiger partial charge >= 0.3 is 0 Å². The number of rotatable bonds is 6. The molecular weight excluding hydrogens is 384 g/mol. The second kappa shape index (κ2) is 9.93. The molecule has 176 valence electrons. The van der Waals surface area contributed by atoms with E-state index in [1.165, 1.54) is 37.7 Å². The molecule has 0 unspecified atom stereocenters. The van der Waals surface area contributed by atoms with Gasteiger partial charge in [-0.05, 0) is 82.0 Å². The Hall–Kier alpha value is -0.900. The van der Waals surface area contributed by atoms with Crippen LogP contribution < -0.4 is 0 Å². The number of ether oxygens (including phenoxy) is 1. The Labute approximate surface area is 190 Å². The van der Waals surface area contributed by atoms with Crippen molar-refractivity contribution in [1.29, 1.82) is 0 Å². The van der Waals surface area contributed by atoms with Gasteiger partial charge in [0.1, 0.15) is 0 Å². The van der Waals surface area contributed by atoms with Gasteiger partial charge in [-0.3, -0.25) is 0 Å². The maximum atomic E-state index is 10.3. The molecule has 3 aliphatic carbocycles. The van der Waals surface area contributed by atoms with E-state index in [-0.39, 0.29) is 18.1 Å². The van der Waals surface area contributed by atoms with E-state index in [1.807, 2.05) is 13.8 Å². The molecule has 0 aromatic rings. The first-order chi connectivity index (χ1) is 14.5. The van der Waals surface area contributed by atoms with Crippen LogP contribution in [0, 0.1) is 29.1 Å². The van der Waals surface area contributed by atoms with Crippen LogP contribution in [0.5, 0.6) is 0 Å². The van der Waals surface area contributed by atoms with Crippen molar-refractivity contribution in [2.75, 3.05) is 7.11 Å². The molecule has 0 heterocycles. The molecule has 31 heavy (non-hydrogen) atoms. The second-order valence-electron chi connectivity index (χ2n) is 11.5. The Kier molecular flexibility index (Phi) is 7.92. The highest BCUT2D eigenvalue weighted by molar-refractivity contribution is 5.26. The van der Waals surface area contributed by atoms with Crippen LogP contribution in [-0.2, 0) is 4.74 Å². The highest BCUT2D eigenvalue weighted by Gasteiger charge is 2.50. The van der Waals surface area contributed by atoms with Crippen LogP contribution in [-0.4, -0.2) is 35.1 Å². The van der Waals surface area contributed by atoms with Crippen molar-refractivity contribution in [2.24, 2.45) is 29.1 Å². The third-order valence-corrected chi connectivity index (χ3v) is 8.88. The van der Waals surface area contributed by atoms with Crippen molar-refractivity contribution in [3.8, 4) is 0 Å². The highest BCUT2D eigenvalue weighted by atomic mass is 16.5. The molecule has 0 aromatic carbocycles. The monoisotopic (exact) mass is 430 g/mol. The summed E-state index contributed by atoms with van der Waals surface area (Å²) in [5, 5.41) is 20.4. The molecule has 0 spiro atoms. The lowest BCUT2D eigenvalue weighted by Crippen LogP contribution is -2.35. The number of hydrogen-bond acceptors (Lipinski definition) is 3. The number of fused-ring (bicyclic) bond motifs is 1. The van der Waals surface area contributed by atoms with E-state index in [0.29, 0.717) is 23.2 Å². The first-order valence-electron chi connectivity index (χ1n) is 12.5. The average molecular weight is 431 g/mol. The average Bonchev–Trinajstić information content (AvgIpc) is 3.06. The van der Waals surface area contributed by atoms with Crippen molar-refractivity contribution < 1.29 is 14.9 Å². The molecule has 0 aliphatic heterocycles. The molecule has 3 saturated carbocycles. The topological polar surface area (TPSA) is 49.7 Å². The van der Waals surface area contributed by atoms with E-state index in [1.54, 1.807) is 12.7 Å². The Balaban J connectivity index is 1.72. The fourth-order valence-electron chi connectivity index (χ4n) is 6.54. The minimum absolute atomic E-state index is 0.153. The summed E-state index contributed by atoms with van der Waals surface area (Å²) in [6.07, 6.45) is 18.1. The van der Waals surface area contributed by atoms with E-state index in [2.05, 4.69) is 45.1 Å². The van der Waals surface area contributed by atoms with Crippen LogP contribution in [0.2, 0.25) is 0 Å². The zero-order valence-corrected chi connectivity index (χ0v) is 20.7. The normalized spacial score (nSPS) is 39.2. The van der Waals surface area contributed by atoms with Gasteiger partial charge in [-0.1, -0.05) is 56.2 Å². The summed E-state index contributed by atoms with van der Waals surface area (Å²) >= 11 is 0. The largest absolute Gasteiger partial charge is 0.393 e. The lowest BCUT2D eigenvalue weighted by atomic mass is 9.61. The summed E-state index contributed by atoms with van der Waals surface area (Å²) < 4.78 is 5.53. The van der Waals surface area contributed by atoms with Crippen LogP contribution in [0.25, 0.3) is 0 Å². The van der Waals surface area contributed by atoms with Crippen molar-refractivity contribution in [3.63, 3.8) is 0 Å². The van der Waals surface area contributed by atoms with E-state index >= 15 is 0 Å². The fraction of sp³-hybridized carbons (Fsp3) is 0.786. The SMILES string of the molecule is CO[C@@H]1C/C(=C\C=C2/CCC[C@]3(C)[C@@H]([C@H](C)/C=C/[C@H](C)C(C)(C)O)CC[C@@H]23)C[C@@H](O)C1. The summed E-state index contributed by atoms with van der Waals surface area (Å²) in [7, 11) is 1.75. The van der Waals surface area contributed by atoms with Gasteiger partial charge in [0.2, 0.25) is 0 Å². The Bertz CT molecular complexity index is 698. The highest BCUT2D eigenvalue weighted by Crippen LogP contribution is 2.59. The predicted octanol–water partition coefficient (Wildman–Crippen LogP) is 6.21. The molecule has 0 saturated heterocycles. The molecule has 3 nitrogen and oxygen atoms in total. The van der Waals surface area contributed by atoms with Gasteiger partial charge in [-0.25, -0.2) is 0 Å². The molecule has 3 rings (SSSR count). The van der Waals surface area contributed by atoms with Gasteiger partial charge in [0, 0.05) is 19.4 Å². The molecule has 2 N–H and O–H groups in total. The quantitative estimate of drug-likeness (QED) is 0.492. The molecular formula is C28H46O3. The molecule has 3 heteroatoms. The van der Waals surface area contributed by atoms with E-state index in [0.717, 1.165) is 19.3 Å². The van der Waals surface area contributed by atoms with Crippen molar-refractivity contribution in [1.82, 2.24) is 0 Å². The lowest BCUT2D eigenvalue weighted by molar-refractivity contribution is 0.0288. The van der Waals surface area contributed by atoms with Crippen LogP contribution >= 0.6 is 0 Å². The zero-order chi connectivity index (χ0) is 22.8. The predicted molar refractivity (Wildman–Crippen MR) is 129 cm³/mol. The Morgan fingerprint density at radius 3 is 2.55 bits per heavy atom. The maximum absolute atomic E-state index is 10.3. The standard InChI is InChI=1S/C28H46O3/c1-19(9-10-20(2)27(3,4)30)25-13-14-26-22(8-7-15-28(25,26)5)12-11-21-16-23(29)18-24(17-21)31-6/h9-12,19-20,23-26,29-30H,7-8,13-18H2,1-6H3/b10-9+,21-11-,22-12+/t19-,20+,23-,24-,25-,26+,28-/m1/s1. The fourth-order valence-corrected chi connectivity index (χ4v) is 6.54. The smallest absolute Gasteiger partial charge is 0.0651 e. The zero-order valence-electron chi connectivity index (χ0n) is 20.7. The minimum atomic E-state index is -0.666. The second-order valence-corrected chi connectivity index (χ2v) is 11.5. The summed E-state index contributed by atoms with van der Waals surface area (Å²) in [4.78, 5) is 0. The summed E-state index contributed by atoms with van der Waals surface area (Å²) in [6, 6.07) is 0. The number of allylic oxidation sites excluding steroid dienone is 4. The molecule has 0 amide bonds. The van der Waals surface area contributed by atoms with Crippen molar-refractivity contribution in [2.45, 2.75) is 104 Å². The van der Waals surface area contributed by atoms with Gasteiger partial charge in [0.05, 0.1) is 17.8 Å². The molecule has 0 radical (unpaired) electrons. The van der Waals surface area contributed by atoms with Crippen LogP contribution in [0.3, 0.4) is 0 Å². The maximum Gasteiger partial charge on any atom is 0.0651 e. The lowest BCUT2D eigenvalue weighted by Gasteiger charge is -2.44. The number of hydrogen-bond donors (Lipinski definition) is 2. The van der Waals surface area contributed by atoms with Gasteiger partial charge in [0.25, 0.3) is 0 Å². The van der Waals surface area contributed by atoms with Crippen LogP contribution in [0.15, 0.2) is 35.5 Å². The van der Waals surface area contributed by atoms with Gasteiger partial charge < -0.3 is 14.9 Å². The molecule has 3 fully saturated rings. The van der Waals surface area contributed by atoms with Crippen molar-refractivity contribution in [3.05, 3.63) is 35.5 Å². The molecule has 7 atom stereocenters. The number of aliphatic hydroxyl groups is 2. The van der Waals surface area contributed by atoms with Crippen LogP contribution in [0.1, 0.15) is 86.0 Å². The molecule has 0 bridgehead atoms. The van der Waals surface area contributed by atoms with E-state index in [9.17, 15) is 10.2 Å². The summed E-state index contributed by atoms with van der Waals surface area (Å²) in [6.45, 7) is 10.8. The Morgan fingerprint density at radius 2 is 1.87 bits per heavy atom. The molecule has 0 aromatic heterocycles. The summed E-state index contributed by atoms with van der Waals surface area (Å²) in [5.74, 6) is 2.08. The van der Waals surface area contributed by atoms with E-state index in [4.69, 9.17) is 4.74 Å². The first-order valence-corrected chi connectivity index (χ1v) is 12.5. The first kappa shape index (κ1) is 24.7. The van der Waals surface area contributed by atoms with E-state index < -0.39 is 5.60 Å². The van der Waals surface area contributed by atoms with Crippen molar-refractivity contribution >= 4 is 0 Å². The number of methoxy groups -OCH3 is 1. The Morgan fingerprint density at radius 1 is 1.13 bits per heavy atom. The van der Waals surface area contributed by atoms with Crippen LogP contribution in [0.4, 0.5) is 0 Å². The third kappa shape index (κ3) is 5.72. The van der Waals surface area contributed by atoms with Gasteiger partial charge in [-0.15, -0.1) is 0 Å². The number of aliphatic hydroxyl groups excluding tert-OH is 1. The van der Waals surface area contributed by atoms with Gasteiger partial charge in [-0.2, -0.15) is 0 Å². The third-order valence-electron chi connectivity index (χ3n) is 8.88. The molecule has 3 aliphatic rings. The minimum Gasteiger partial charge on any atom is -0.393 e. The summed E-state index contributed by atoms with van der Waals surface area (Å²) in [5.41, 5.74) is 2.66. The van der Waals surface area contributed by atoms with Gasteiger partial charge in [0.15, 0.2) is 0 Å².